The van der Waals surface area contributed by atoms with Gasteiger partial charge >= 0.3 is 6.03 Å². The number of hydrogen-bond acceptors (Lipinski definition) is 3. The summed E-state index contributed by atoms with van der Waals surface area (Å²) in [5.41, 5.74) is 0. The van der Waals surface area contributed by atoms with Crippen molar-refractivity contribution >= 4 is 17.8 Å². The number of nitrogens with zero attached hydrogens (tertiary/aromatic N) is 2. The summed E-state index contributed by atoms with van der Waals surface area (Å²) in [5.74, 6) is -0.533. The number of amides is 4. The molecule has 1 heterocycles. The molecule has 0 aromatic carbocycles. The lowest BCUT2D eigenvalue weighted by Gasteiger charge is -2.23. The number of rotatable bonds is 3. The van der Waals surface area contributed by atoms with Crippen molar-refractivity contribution in [3.8, 4) is 0 Å². The molecule has 0 aromatic heterocycles. The second-order valence-corrected chi connectivity index (χ2v) is 3.81. The van der Waals surface area contributed by atoms with Crippen molar-refractivity contribution in [2.75, 3.05) is 20.1 Å². The van der Waals surface area contributed by atoms with Crippen LogP contribution in [0.3, 0.4) is 0 Å². The minimum absolute atomic E-state index is 0.0312. The van der Waals surface area contributed by atoms with Crippen molar-refractivity contribution in [1.29, 1.82) is 0 Å². The first-order valence-electron chi connectivity index (χ1n) is 4.76. The summed E-state index contributed by atoms with van der Waals surface area (Å²) in [5, 5.41) is 2.12. The molecule has 0 bridgehead atoms. The lowest BCUT2D eigenvalue weighted by atomic mass is 10.3. The predicted molar refractivity (Wildman–Crippen MR) is 53.0 cm³/mol. The predicted octanol–water partition coefficient (Wildman–Crippen LogP) is -0.595. The molecular formula is C9H15N3O3. The maximum absolute atomic E-state index is 11.6. The van der Waals surface area contributed by atoms with E-state index in [1.54, 1.807) is 7.05 Å². The Morgan fingerprint density at radius 2 is 2.13 bits per heavy atom. The zero-order chi connectivity index (χ0) is 11.6. The average Bonchev–Trinajstić information content (AvgIpc) is 2.43. The van der Waals surface area contributed by atoms with E-state index in [1.165, 1.54) is 9.80 Å². The molecule has 1 fully saturated rings. The molecule has 1 N–H and O–H groups in total. The summed E-state index contributed by atoms with van der Waals surface area (Å²) in [7, 11) is 1.67. The van der Waals surface area contributed by atoms with Crippen LogP contribution in [0.5, 0.6) is 0 Å². The van der Waals surface area contributed by atoms with Crippen molar-refractivity contribution in [1.82, 2.24) is 15.1 Å². The summed E-state index contributed by atoms with van der Waals surface area (Å²) in [4.78, 5) is 36.3. The third-order valence-electron chi connectivity index (χ3n) is 2.36. The van der Waals surface area contributed by atoms with Gasteiger partial charge in [0.15, 0.2) is 0 Å². The van der Waals surface area contributed by atoms with Crippen LogP contribution in [-0.4, -0.2) is 53.8 Å². The first-order chi connectivity index (χ1) is 6.91. The second kappa shape index (κ2) is 4.29. The van der Waals surface area contributed by atoms with E-state index < -0.39 is 6.03 Å². The quantitative estimate of drug-likeness (QED) is 0.637. The van der Waals surface area contributed by atoms with Gasteiger partial charge in [-0.1, -0.05) is 0 Å². The Hall–Kier alpha value is -1.59. The lowest BCUT2D eigenvalue weighted by molar-refractivity contribution is -0.131. The Labute approximate surface area is 88.2 Å². The molecule has 0 aliphatic carbocycles. The van der Waals surface area contributed by atoms with E-state index >= 15 is 0 Å². The molecule has 6 heteroatoms. The summed E-state index contributed by atoms with van der Waals surface area (Å²) in [6, 6.07) is -0.413. The minimum Gasteiger partial charge on any atom is -0.342 e. The van der Waals surface area contributed by atoms with Crippen molar-refractivity contribution in [2.45, 2.75) is 19.9 Å². The maximum Gasteiger partial charge on any atom is 0.325 e. The van der Waals surface area contributed by atoms with Gasteiger partial charge in [0.2, 0.25) is 11.8 Å². The average molecular weight is 213 g/mol. The number of nitrogens with one attached hydrogen (secondary N) is 1. The standard InChI is InChI=1S/C9H15N3O3/c1-6(2)11(3)8(14)5-12-4-7(13)10-9(12)15/h6H,4-5H2,1-3H3,(H,10,13,15). The number of carbonyl (C=O) groups is 3. The first kappa shape index (κ1) is 11.5. The molecule has 84 valence electrons. The van der Waals surface area contributed by atoms with Crippen LogP contribution in [0.4, 0.5) is 4.79 Å². The summed E-state index contributed by atoms with van der Waals surface area (Å²) < 4.78 is 0. The zero-order valence-corrected chi connectivity index (χ0v) is 9.11. The van der Waals surface area contributed by atoms with Crippen LogP contribution in [0.2, 0.25) is 0 Å². The molecular weight excluding hydrogens is 198 g/mol. The normalized spacial score (nSPS) is 15.9. The Balaban J connectivity index is 2.52. The molecule has 1 rings (SSSR count). The number of urea groups is 1. The molecule has 4 amide bonds. The van der Waals surface area contributed by atoms with Crippen LogP contribution in [0.15, 0.2) is 0 Å². The lowest BCUT2D eigenvalue weighted by Crippen LogP contribution is -2.42. The van der Waals surface area contributed by atoms with Gasteiger partial charge in [0.1, 0.15) is 13.1 Å². The Bertz CT molecular complexity index is 301. The minimum atomic E-state index is -0.495. The van der Waals surface area contributed by atoms with Gasteiger partial charge in [-0.15, -0.1) is 0 Å². The fourth-order valence-corrected chi connectivity index (χ4v) is 1.17. The van der Waals surface area contributed by atoms with Gasteiger partial charge in [-0.25, -0.2) is 4.79 Å². The van der Waals surface area contributed by atoms with Crippen LogP contribution in [0, 0.1) is 0 Å². The largest absolute Gasteiger partial charge is 0.342 e. The second-order valence-electron chi connectivity index (χ2n) is 3.81. The third-order valence-corrected chi connectivity index (χ3v) is 2.36. The molecule has 6 nitrogen and oxygen atoms in total. The van der Waals surface area contributed by atoms with E-state index in [2.05, 4.69) is 5.32 Å². The number of hydrogen-bond donors (Lipinski definition) is 1. The van der Waals surface area contributed by atoms with E-state index in [4.69, 9.17) is 0 Å². The summed E-state index contributed by atoms with van der Waals surface area (Å²) in [6.07, 6.45) is 0. The maximum atomic E-state index is 11.6. The first-order valence-corrected chi connectivity index (χ1v) is 4.76. The molecule has 1 aliphatic rings. The van der Waals surface area contributed by atoms with Crippen molar-refractivity contribution in [3.05, 3.63) is 0 Å². The molecule has 0 unspecified atom stereocenters. The number of imide groups is 1. The molecule has 0 radical (unpaired) electrons. The molecule has 0 saturated carbocycles. The Kier molecular flexibility index (Phi) is 3.28. The molecule has 1 aliphatic heterocycles. The molecule has 0 spiro atoms. The Morgan fingerprint density at radius 3 is 2.53 bits per heavy atom. The highest BCUT2D eigenvalue weighted by Gasteiger charge is 2.29. The monoisotopic (exact) mass is 213 g/mol. The van der Waals surface area contributed by atoms with Gasteiger partial charge in [0, 0.05) is 13.1 Å². The summed E-state index contributed by atoms with van der Waals surface area (Å²) in [6.45, 7) is 3.68. The molecule has 0 atom stereocenters. The van der Waals surface area contributed by atoms with E-state index in [0.29, 0.717) is 0 Å². The number of carbonyl (C=O) groups excluding carboxylic acids is 3. The van der Waals surface area contributed by atoms with Gasteiger partial charge in [-0.2, -0.15) is 0 Å². The topological polar surface area (TPSA) is 69.7 Å². The fourth-order valence-electron chi connectivity index (χ4n) is 1.17. The smallest absolute Gasteiger partial charge is 0.325 e. The van der Waals surface area contributed by atoms with Crippen LogP contribution in [0.25, 0.3) is 0 Å². The van der Waals surface area contributed by atoms with Crippen molar-refractivity contribution < 1.29 is 14.4 Å². The van der Waals surface area contributed by atoms with Gasteiger partial charge in [-0.05, 0) is 13.8 Å². The highest BCUT2D eigenvalue weighted by Crippen LogP contribution is 2.01. The van der Waals surface area contributed by atoms with Crippen LogP contribution >= 0.6 is 0 Å². The van der Waals surface area contributed by atoms with Gasteiger partial charge in [-0.3, -0.25) is 14.9 Å². The third kappa shape index (κ3) is 2.68. The van der Waals surface area contributed by atoms with E-state index in [1.807, 2.05) is 13.8 Å². The van der Waals surface area contributed by atoms with Gasteiger partial charge in [0.05, 0.1) is 0 Å². The van der Waals surface area contributed by atoms with E-state index in [9.17, 15) is 14.4 Å². The molecule has 0 aromatic rings. The van der Waals surface area contributed by atoms with Crippen LogP contribution in [-0.2, 0) is 9.59 Å². The number of likely N-dealkylation sites (N-methyl/N-ethyl adjacent to an activating group) is 1. The van der Waals surface area contributed by atoms with Crippen molar-refractivity contribution in [2.24, 2.45) is 0 Å². The SMILES string of the molecule is CC(C)N(C)C(=O)CN1CC(=O)NC1=O. The molecule has 1 saturated heterocycles. The van der Waals surface area contributed by atoms with Crippen LogP contribution in [0.1, 0.15) is 13.8 Å². The summed E-state index contributed by atoms with van der Waals surface area (Å²) >= 11 is 0. The van der Waals surface area contributed by atoms with Gasteiger partial charge < -0.3 is 9.80 Å². The fraction of sp³-hybridized carbons (Fsp3) is 0.667. The molecule has 15 heavy (non-hydrogen) atoms. The highest BCUT2D eigenvalue weighted by molar-refractivity contribution is 6.03. The van der Waals surface area contributed by atoms with E-state index in [0.717, 1.165) is 0 Å². The van der Waals surface area contributed by atoms with Crippen LogP contribution < -0.4 is 5.32 Å². The Morgan fingerprint density at radius 1 is 1.53 bits per heavy atom. The van der Waals surface area contributed by atoms with Gasteiger partial charge in [0.25, 0.3) is 0 Å². The zero-order valence-electron chi connectivity index (χ0n) is 9.11. The van der Waals surface area contributed by atoms with E-state index in [-0.39, 0.29) is 30.9 Å². The highest BCUT2D eigenvalue weighted by atomic mass is 16.2. The van der Waals surface area contributed by atoms with Crippen molar-refractivity contribution in [3.63, 3.8) is 0 Å².